The van der Waals surface area contributed by atoms with Crippen molar-refractivity contribution in [3.63, 3.8) is 0 Å². The molecule has 1 aliphatic rings. The average molecular weight is 215 g/mol. The highest BCUT2D eigenvalue weighted by Crippen LogP contribution is 2.14. The summed E-state index contributed by atoms with van der Waals surface area (Å²) in [6, 6.07) is 10.7. The largest absolute Gasteiger partial charge is 0.315 e. The Bertz CT molecular complexity index is 388. The van der Waals surface area contributed by atoms with Crippen LogP contribution in [0.15, 0.2) is 24.3 Å². The van der Waals surface area contributed by atoms with Crippen molar-refractivity contribution in [2.45, 2.75) is 19.0 Å². The molecule has 2 rings (SSSR count). The van der Waals surface area contributed by atoms with Crippen LogP contribution in [0.1, 0.15) is 17.5 Å². The van der Waals surface area contributed by atoms with Gasteiger partial charge in [-0.2, -0.15) is 5.26 Å². The van der Waals surface area contributed by atoms with E-state index in [-0.39, 0.29) is 0 Å². The number of nitrogens with zero attached hydrogens (tertiary/aromatic N) is 2. The first kappa shape index (κ1) is 11.1. The van der Waals surface area contributed by atoms with Crippen molar-refractivity contribution in [1.82, 2.24) is 10.2 Å². The highest BCUT2D eigenvalue weighted by atomic mass is 15.2. The van der Waals surface area contributed by atoms with Crippen molar-refractivity contribution in [2.75, 3.05) is 20.1 Å². The topological polar surface area (TPSA) is 39.1 Å². The number of hydrogen-bond donors (Lipinski definition) is 1. The lowest BCUT2D eigenvalue weighted by Gasteiger charge is -2.23. The van der Waals surface area contributed by atoms with Gasteiger partial charge in [-0.15, -0.1) is 0 Å². The van der Waals surface area contributed by atoms with Crippen LogP contribution in [0.25, 0.3) is 0 Å². The summed E-state index contributed by atoms with van der Waals surface area (Å²) >= 11 is 0. The molecule has 0 radical (unpaired) electrons. The van der Waals surface area contributed by atoms with Crippen molar-refractivity contribution >= 4 is 0 Å². The summed E-state index contributed by atoms with van der Waals surface area (Å²) in [6.45, 7) is 3.02. The van der Waals surface area contributed by atoms with Gasteiger partial charge in [0, 0.05) is 19.1 Å². The Morgan fingerprint density at radius 1 is 1.50 bits per heavy atom. The van der Waals surface area contributed by atoms with E-state index in [0.29, 0.717) is 6.04 Å². The number of nitriles is 1. The first-order valence-corrected chi connectivity index (χ1v) is 5.70. The van der Waals surface area contributed by atoms with E-state index in [4.69, 9.17) is 5.26 Å². The average Bonchev–Trinajstić information content (AvgIpc) is 2.83. The van der Waals surface area contributed by atoms with Gasteiger partial charge >= 0.3 is 0 Å². The summed E-state index contributed by atoms with van der Waals surface area (Å²) in [6.07, 6.45) is 1.20. The molecule has 1 aliphatic heterocycles. The summed E-state index contributed by atoms with van der Waals surface area (Å²) in [4.78, 5) is 2.33. The second kappa shape index (κ2) is 5.11. The van der Waals surface area contributed by atoms with Crippen LogP contribution in [0, 0.1) is 11.3 Å². The Hall–Kier alpha value is -1.37. The molecule has 0 spiro atoms. The first-order chi connectivity index (χ1) is 7.81. The van der Waals surface area contributed by atoms with Gasteiger partial charge in [-0.25, -0.2) is 0 Å². The van der Waals surface area contributed by atoms with Crippen molar-refractivity contribution in [1.29, 1.82) is 5.26 Å². The van der Waals surface area contributed by atoms with E-state index >= 15 is 0 Å². The van der Waals surface area contributed by atoms with Crippen LogP contribution in [0.3, 0.4) is 0 Å². The van der Waals surface area contributed by atoms with E-state index in [2.05, 4.69) is 23.3 Å². The molecule has 84 valence electrons. The van der Waals surface area contributed by atoms with Crippen LogP contribution in [0.5, 0.6) is 0 Å². The fourth-order valence-electron chi connectivity index (χ4n) is 2.18. The van der Waals surface area contributed by atoms with E-state index in [1.54, 1.807) is 0 Å². The minimum absolute atomic E-state index is 0.603. The molecular weight excluding hydrogens is 198 g/mol. The third-order valence-electron chi connectivity index (χ3n) is 3.22. The van der Waals surface area contributed by atoms with Gasteiger partial charge in [-0.05, 0) is 31.6 Å². The van der Waals surface area contributed by atoms with Crippen LogP contribution in [0.2, 0.25) is 0 Å². The number of rotatable bonds is 3. The maximum atomic E-state index is 9.02. The quantitative estimate of drug-likeness (QED) is 0.827. The minimum Gasteiger partial charge on any atom is -0.315 e. The van der Waals surface area contributed by atoms with E-state index in [0.717, 1.165) is 30.8 Å². The van der Waals surface area contributed by atoms with Crippen molar-refractivity contribution in [3.8, 4) is 6.07 Å². The molecule has 1 atom stereocenters. The lowest BCUT2D eigenvalue weighted by atomic mass is 10.1. The molecule has 1 unspecified atom stereocenters. The number of nitrogens with one attached hydrogen (secondary N) is 1. The second-order valence-electron chi connectivity index (χ2n) is 4.33. The third kappa shape index (κ3) is 2.41. The van der Waals surface area contributed by atoms with Crippen LogP contribution >= 0.6 is 0 Å². The normalized spacial score (nSPS) is 19.9. The van der Waals surface area contributed by atoms with E-state index in [1.807, 2.05) is 24.3 Å². The molecule has 1 aromatic rings. The lowest BCUT2D eigenvalue weighted by Crippen LogP contribution is -2.33. The van der Waals surface area contributed by atoms with Gasteiger partial charge in [-0.1, -0.05) is 18.2 Å². The predicted octanol–water partition coefficient (Wildman–Crippen LogP) is 1.35. The van der Waals surface area contributed by atoms with Gasteiger partial charge in [-0.3, -0.25) is 4.90 Å². The summed E-state index contributed by atoms with van der Waals surface area (Å²) in [7, 11) is 2.13. The second-order valence-corrected chi connectivity index (χ2v) is 4.33. The van der Waals surface area contributed by atoms with Gasteiger partial charge in [0.05, 0.1) is 11.6 Å². The summed E-state index contributed by atoms with van der Waals surface area (Å²) in [5.74, 6) is 0. The zero-order chi connectivity index (χ0) is 11.4. The molecule has 0 aromatic heterocycles. The van der Waals surface area contributed by atoms with E-state index in [1.165, 1.54) is 6.42 Å². The first-order valence-electron chi connectivity index (χ1n) is 5.70. The fourth-order valence-corrected chi connectivity index (χ4v) is 2.18. The zero-order valence-corrected chi connectivity index (χ0v) is 9.61. The molecule has 3 nitrogen and oxygen atoms in total. The standard InChI is InChI=1S/C13H17N3/c1-16(13-6-7-15-9-13)10-12-5-3-2-4-11(12)8-14/h2-5,13,15H,6-7,9-10H2,1H3. The molecule has 1 saturated heterocycles. The molecule has 3 heteroatoms. The van der Waals surface area contributed by atoms with Crippen LogP contribution in [-0.2, 0) is 6.54 Å². The smallest absolute Gasteiger partial charge is 0.0995 e. The molecule has 1 fully saturated rings. The molecule has 0 amide bonds. The number of benzene rings is 1. The van der Waals surface area contributed by atoms with Crippen molar-refractivity contribution in [3.05, 3.63) is 35.4 Å². The summed E-state index contributed by atoms with van der Waals surface area (Å²) in [5, 5.41) is 12.4. The Balaban J connectivity index is 2.05. The number of hydrogen-bond acceptors (Lipinski definition) is 3. The Morgan fingerprint density at radius 2 is 2.31 bits per heavy atom. The Labute approximate surface area is 96.7 Å². The highest BCUT2D eigenvalue weighted by molar-refractivity contribution is 5.37. The molecule has 0 bridgehead atoms. The Kier molecular flexibility index (Phi) is 3.55. The van der Waals surface area contributed by atoms with Crippen LogP contribution in [-0.4, -0.2) is 31.1 Å². The summed E-state index contributed by atoms with van der Waals surface area (Å²) < 4.78 is 0. The van der Waals surface area contributed by atoms with Crippen LogP contribution in [0.4, 0.5) is 0 Å². The molecule has 0 aliphatic carbocycles. The SMILES string of the molecule is CN(Cc1ccccc1C#N)C1CCNC1. The molecule has 1 aromatic carbocycles. The Morgan fingerprint density at radius 3 is 3.00 bits per heavy atom. The van der Waals surface area contributed by atoms with Crippen LogP contribution < -0.4 is 5.32 Å². The van der Waals surface area contributed by atoms with Gasteiger partial charge in [0.15, 0.2) is 0 Å². The highest BCUT2D eigenvalue weighted by Gasteiger charge is 2.19. The molecule has 1 N–H and O–H groups in total. The molecule has 1 heterocycles. The van der Waals surface area contributed by atoms with E-state index < -0.39 is 0 Å². The molecular formula is C13H17N3. The van der Waals surface area contributed by atoms with E-state index in [9.17, 15) is 0 Å². The third-order valence-corrected chi connectivity index (χ3v) is 3.22. The van der Waals surface area contributed by atoms with Gasteiger partial charge in [0.1, 0.15) is 0 Å². The van der Waals surface area contributed by atoms with Crippen molar-refractivity contribution in [2.24, 2.45) is 0 Å². The zero-order valence-electron chi connectivity index (χ0n) is 9.61. The summed E-state index contributed by atoms with van der Waals surface area (Å²) in [5.41, 5.74) is 1.92. The number of likely N-dealkylation sites (N-methyl/N-ethyl adjacent to an activating group) is 1. The monoisotopic (exact) mass is 215 g/mol. The molecule has 0 saturated carbocycles. The fraction of sp³-hybridized carbons (Fsp3) is 0.462. The lowest BCUT2D eigenvalue weighted by molar-refractivity contribution is 0.249. The van der Waals surface area contributed by atoms with Gasteiger partial charge in [0.2, 0.25) is 0 Å². The minimum atomic E-state index is 0.603. The maximum absolute atomic E-state index is 9.02. The molecule has 16 heavy (non-hydrogen) atoms. The van der Waals surface area contributed by atoms with Crippen molar-refractivity contribution < 1.29 is 0 Å². The van der Waals surface area contributed by atoms with Gasteiger partial charge < -0.3 is 5.32 Å². The predicted molar refractivity (Wildman–Crippen MR) is 63.9 cm³/mol. The maximum Gasteiger partial charge on any atom is 0.0995 e. The van der Waals surface area contributed by atoms with Gasteiger partial charge in [0.25, 0.3) is 0 Å².